The molecule has 2 aromatic heterocycles. The van der Waals surface area contributed by atoms with Crippen LogP contribution in [0.15, 0.2) is 27.8 Å². The molecule has 0 spiro atoms. The highest BCUT2D eigenvalue weighted by Crippen LogP contribution is 2.27. The van der Waals surface area contributed by atoms with Crippen LogP contribution in [0.1, 0.15) is 25.8 Å². The van der Waals surface area contributed by atoms with Crippen LogP contribution in [0, 0.1) is 5.92 Å². The van der Waals surface area contributed by atoms with Gasteiger partial charge in [0.1, 0.15) is 0 Å². The summed E-state index contributed by atoms with van der Waals surface area (Å²) < 4.78 is 3.37. The van der Waals surface area contributed by atoms with Gasteiger partial charge in [-0.3, -0.25) is 19.2 Å². The van der Waals surface area contributed by atoms with E-state index in [-0.39, 0.29) is 0 Å². The number of nitrogens with one attached hydrogen (secondary N) is 1. The van der Waals surface area contributed by atoms with Gasteiger partial charge in [-0.2, -0.15) is 4.98 Å². The van der Waals surface area contributed by atoms with Crippen LogP contribution in [-0.4, -0.2) is 50.2 Å². The number of anilines is 1. The van der Waals surface area contributed by atoms with Crippen molar-refractivity contribution in [3.05, 3.63) is 54.6 Å². The van der Waals surface area contributed by atoms with E-state index in [2.05, 4.69) is 28.6 Å². The van der Waals surface area contributed by atoms with Gasteiger partial charge in [0.15, 0.2) is 11.2 Å². The molecule has 0 amide bonds. The molecule has 8 nitrogen and oxygen atoms in total. The summed E-state index contributed by atoms with van der Waals surface area (Å²) >= 11 is 12.7. The van der Waals surface area contributed by atoms with Crippen LogP contribution in [0.25, 0.3) is 11.2 Å². The van der Waals surface area contributed by atoms with Gasteiger partial charge >= 0.3 is 5.69 Å². The van der Waals surface area contributed by atoms with Crippen molar-refractivity contribution in [2.75, 3.05) is 31.1 Å². The first kappa shape index (κ1) is 22.9. The van der Waals surface area contributed by atoms with E-state index in [1.165, 1.54) is 4.57 Å². The minimum atomic E-state index is -0.455. The molecular formula is C22H28Cl2N6O2. The van der Waals surface area contributed by atoms with Gasteiger partial charge in [0.25, 0.3) is 5.56 Å². The first-order valence-corrected chi connectivity index (χ1v) is 11.6. The molecule has 0 bridgehead atoms. The Morgan fingerprint density at radius 1 is 1.09 bits per heavy atom. The zero-order valence-corrected chi connectivity index (χ0v) is 20.1. The molecule has 4 rings (SSSR count). The summed E-state index contributed by atoms with van der Waals surface area (Å²) in [5.74, 6) is 1.21. The molecule has 172 valence electrons. The summed E-state index contributed by atoms with van der Waals surface area (Å²) in [7, 11) is 1.63. The Balaban J connectivity index is 1.60. The topological polar surface area (TPSA) is 79.2 Å². The highest BCUT2D eigenvalue weighted by molar-refractivity contribution is 6.35. The number of H-pyrrole nitrogens is 1. The second-order valence-electron chi connectivity index (χ2n) is 8.70. The molecule has 0 atom stereocenters. The molecule has 1 N–H and O–H groups in total. The fraction of sp³-hybridized carbons (Fsp3) is 0.500. The molecule has 0 unspecified atom stereocenters. The zero-order valence-electron chi connectivity index (χ0n) is 18.6. The molecule has 3 aromatic rings. The van der Waals surface area contributed by atoms with Crippen LogP contribution in [0.4, 0.5) is 5.95 Å². The van der Waals surface area contributed by atoms with Crippen molar-refractivity contribution in [1.29, 1.82) is 0 Å². The summed E-state index contributed by atoms with van der Waals surface area (Å²) in [6.07, 6.45) is 0.908. The summed E-state index contributed by atoms with van der Waals surface area (Å²) in [4.78, 5) is 36.4. The average molecular weight is 479 g/mol. The molecule has 1 aromatic carbocycles. The quantitative estimate of drug-likeness (QED) is 0.588. The van der Waals surface area contributed by atoms with E-state index in [4.69, 9.17) is 28.2 Å². The van der Waals surface area contributed by atoms with E-state index in [1.807, 2.05) is 22.8 Å². The summed E-state index contributed by atoms with van der Waals surface area (Å²) in [5.41, 5.74) is 0.965. The second kappa shape index (κ2) is 9.29. The number of piperazine rings is 1. The van der Waals surface area contributed by atoms with Gasteiger partial charge in [0.2, 0.25) is 5.95 Å². The van der Waals surface area contributed by atoms with E-state index in [0.29, 0.717) is 40.2 Å². The highest BCUT2D eigenvalue weighted by atomic mass is 35.5. The van der Waals surface area contributed by atoms with Gasteiger partial charge in [0.05, 0.1) is 0 Å². The Kier molecular flexibility index (Phi) is 6.65. The minimum Gasteiger partial charge on any atom is -0.340 e. The van der Waals surface area contributed by atoms with Crippen molar-refractivity contribution in [3.8, 4) is 0 Å². The van der Waals surface area contributed by atoms with Crippen LogP contribution >= 0.6 is 23.2 Å². The predicted molar refractivity (Wildman–Crippen MR) is 129 cm³/mol. The predicted octanol–water partition coefficient (Wildman–Crippen LogP) is 3.10. The number of hydrogen-bond donors (Lipinski definition) is 1. The Labute approximate surface area is 196 Å². The number of fused-ring (bicyclic) bond motifs is 1. The summed E-state index contributed by atoms with van der Waals surface area (Å²) in [6, 6.07) is 5.57. The lowest BCUT2D eigenvalue weighted by Crippen LogP contribution is -2.47. The molecule has 1 aliphatic rings. The fourth-order valence-corrected chi connectivity index (χ4v) is 4.59. The molecule has 0 aliphatic carbocycles. The van der Waals surface area contributed by atoms with Gasteiger partial charge in [-0.25, -0.2) is 4.79 Å². The third-order valence-electron chi connectivity index (χ3n) is 6.02. The van der Waals surface area contributed by atoms with Gasteiger partial charge < -0.3 is 9.47 Å². The van der Waals surface area contributed by atoms with Crippen molar-refractivity contribution >= 4 is 40.3 Å². The van der Waals surface area contributed by atoms with Crippen LogP contribution in [0.3, 0.4) is 0 Å². The monoisotopic (exact) mass is 478 g/mol. The standard InChI is InChI=1S/C22H28Cl2N6O2/c1-14(2)7-8-30-18-19(27(3)22(32)26-20(18)31)25-21(30)29-11-9-28(10-12-29)13-15-16(23)5-4-6-17(15)24/h4-6,14H,7-13H2,1-3H3,(H,26,31,32). The lowest BCUT2D eigenvalue weighted by Gasteiger charge is -2.35. The lowest BCUT2D eigenvalue weighted by molar-refractivity contribution is 0.248. The van der Waals surface area contributed by atoms with Crippen LogP contribution in [0.2, 0.25) is 10.0 Å². The first-order chi connectivity index (χ1) is 15.3. The number of rotatable bonds is 6. The molecule has 1 aliphatic heterocycles. The van der Waals surface area contributed by atoms with E-state index >= 15 is 0 Å². The van der Waals surface area contributed by atoms with E-state index < -0.39 is 11.2 Å². The Hall–Kier alpha value is -2.29. The molecule has 0 radical (unpaired) electrons. The van der Waals surface area contributed by atoms with Crippen LogP contribution in [0.5, 0.6) is 0 Å². The number of hydrogen-bond acceptors (Lipinski definition) is 5. The largest absolute Gasteiger partial charge is 0.340 e. The van der Waals surface area contributed by atoms with Crippen molar-refractivity contribution in [3.63, 3.8) is 0 Å². The maximum Gasteiger partial charge on any atom is 0.329 e. The number of aromatic amines is 1. The van der Waals surface area contributed by atoms with Crippen LogP contribution < -0.4 is 16.1 Å². The Bertz CT molecular complexity index is 1220. The second-order valence-corrected chi connectivity index (χ2v) is 9.51. The first-order valence-electron chi connectivity index (χ1n) is 10.9. The van der Waals surface area contributed by atoms with Crippen molar-refractivity contribution in [1.82, 2.24) is 24.0 Å². The van der Waals surface area contributed by atoms with Crippen molar-refractivity contribution < 1.29 is 0 Å². The number of imidazole rings is 1. The Morgan fingerprint density at radius 2 is 1.75 bits per heavy atom. The van der Waals surface area contributed by atoms with Crippen molar-refractivity contribution in [2.24, 2.45) is 13.0 Å². The third kappa shape index (κ3) is 4.44. The summed E-state index contributed by atoms with van der Waals surface area (Å²) in [5, 5.41) is 1.35. The van der Waals surface area contributed by atoms with Crippen molar-refractivity contribution in [2.45, 2.75) is 33.4 Å². The molecule has 10 heteroatoms. The molecule has 1 saturated heterocycles. The third-order valence-corrected chi connectivity index (χ3v) is 6.72. The normalized spacial score (nSPS) is 15.2. The van der Waals surface area contributed by atoms with E-state index in [1.54, 1.807) is 7.05 Å². The lowest BCUT2D eigenvalue weighted by atomic mass is 10.1. The maximum absolute atomic E-state index is 12.7. The number of aryl methyl sites for hydroxylation is 2. The fourth-order valence-electron chi connectivity index (χ4n) is 4.08. The summed E-state index contributed by atoms with van der Waals surface area (Å²) in [6.45, 7) is 8.77. The number of aromatic nitrogens is 4. The number of benzene rings is 1. The smallest absolute Gasteiger partial charge is 0.329 e. The minimum absolute atomic E-state index is 0.391. The van der Waals surface area contributed by atoms with E-state index in [0.717, 1.165) is 44.1 Å². The van der Waals surface area contributed by atoms with E-state index in [9.17, 15) is 9.59 Å². The van der Waals surface area contributed by atoms with Gasteiger partial charge in [-0.15, -0.1) is 0 Å². The molecular weight excluding hydrogens is 451 g/mol. The van der Waals surface area contributed by atoms with Gasteiger partial charge in [0, 0.05) is 61.9 Å². The zero-order chi connectivity index (χ0) is 23.0. The highest BCUT2D eigenvalue weighted by Gasteiger charge is 2.25. The average Bonchev–Trinajstić information content (AvgIpc) is 3.14. The maximum atomic E-state index is 12.7. The SMILES string of the molecule is CC(C)CCn1c(N2CCN(Cc3c(Cl)cccc3Cl)CC2)nc2c1c(=O)[nH]c(=O)n2C. The molecule has 1 fully saturated rings. The number of nitrogens with zero attached hydrogens (tertiary/aromatic N) is 5. The molecule has 3 heterocycles. The van der Waals surface area contributed by atoms with Gasteiger partial charge in [-0.1, -0.05) is 43.1 Å². The Morgan fingerprint density at radius 3 is 2.38 bits per heavy atom. The molecule has 32 heavy (non-hydrogen) atoms. The van der Waals surface area contributed by atoms with Gasteiger partial charge in [-0.05, 0) is 24.5 Å². The number of halogens is 2. The van der Waals surface area contributed by atoms with Crippen LogP contribution in [-0.2, 0) is 20.1 Å². The molecule has 0 saturated carbocycles.